The topological polar surface area (TPSA) is 75.9 Å². The van der Waals surface area contributed by atoms with Gasteiger partial charge >= 0.3 is 0 Å². The molecule has 0 N–H and O–H groups in total. The number of hydrogen-bond acceptors (Lipinski definition) is 6. The molecule has 3 fully saturated rings. The first-order valence-electron chi connectivity index (χ1n) is 8.73. The molecule has 4 heterocycles. The molecule has 3 aliphatic rings. The molecular weight excluding hydrogens is 330 g/mol. The summed E-state index contributed by atoms with van der Waals surface area (Å²) in [5, 5.41) is 3.76. The van der Waals surface area contributed by atoms with E-state index in [1.165, 1.54) is 30.2 Å². The molecule has 1 unspecified atom stereocenters. The minimum Gasteiger partial charge on any atom is -0.368 e. The van der Waals surface area contributed by atoms with E-state index in [2.05, 4.69) is 10.1 Å². The summed E-state index contributed by atoms with van der Waals surface area (Å²) < 4.78 is 38.3. The highest BCUT2D eigenvalue weighted by Gasteiger charge is 2.54. The Morgan fingerprint density at radius 1 is 1.25 bits per heavy atom. The standard InChI is InChI=1S/C16H25N3O4S/c1-12-15(13(2)23-17-12)24(20,21)19-10-16(11-19)6-5-14(22-16)9-18-7-3-4-8-18/h14H,3-11H2,1-2H3. The summed E-state index contributed by atoms with van der Waals surface area (Å²) in [5.74, 6) is 0.354. The highest BCUT2D eigenvalue weighted by atomic mass is 32.2. The van der Waals surface area contributed by atoms with Crippen molar-refractivity contribution in [2.24, 2.45) is 0 Å². The molecule has 7 nitrogen and oxygen atoms in total. The lowest BCUT2D eigenvalue weighted by Crippen LogP contribution is -2.63. The summed E-state index contributed by atoms with van der Waals surface area (Å²) in [4.78, 5) is 2.67. The van der Waals surface area contributed by atoms with Crippen LogP contribution in [0.25, 0.3) is 0 Å². The van der Waals surface area contributed by atoms with E-state index in [0.717, 1.165) is 19.4 Å². The van der Waals surface area contributed by atoms with Crippen LogP contribution in [0.3, 0.4) is 0 Å². The van der Waals surface area contributed by atoms with E-state index in [1.54, 1.807) is 13.8 Å². The number of rotatable bonds is 4. The van der Waals surface area contributed by atoms with Gasteiger partial charge in [-0.25, -0.2) is 8.42 Å². The van der Waals surface area contributed by atoms with Gasteiger partial charge in [-0.3, -0.25) is 0 Å². The number of likely N-dealkylation sites (tertiary alicyclic amines) is 1. The third-order valence-corrected chi connectivity index (χ3v) is 7.53. The van der Waals surface area contributed by atoms with Crippen molar-refractivity contribution in [1.29, 1.82) is 0 Å². The van der Waals surface area contributed by atoms with E-state index in [-0.39, 0.29) is 16.6 Å². The van der Waals surface area contributed by atoms with Gasteiger partial charge in [0.15, 0.2) is 5.76 Å². The zero-order valence-corrected chi connectivity index (χ0v) is 15.1. The van der Waals surface area contributed by atoms with Crippen LogP contribution < -0.4 is 0 Å². The van der Waals surface area contributed by atoms with Crippen LogP contribution in [0.4, 0.5) is 0 Å². The summed E-state index contributed by atoms with van der Waals surface area (Å²) in [5.41, 5.74) is 0.142. The molecule has 0 aliphatic carbocycles. The molecule has 3 saturated heterocycles. The maximum Gasteiger partial charge on any atom is 0.248 e. The highest BCUT2D eigenvalue weighted by Crippen LogP contribution is 2.41. The fourth-order valence-electron chi connectivity index (χ4n) is 4.25. The van der Waals surface area contributed by atoms with Crippen LogP contribution in [0, 0.1) is 13.8 Å². The van der Waals surface area contributed by atoms with Gasteiger partial charge in [-0.2, -0.15) is 4.31 Å². The van der Waals surface area contributed by atoms with Gasteiger partial charge in [0.2, 0.25) is 10.0 Å². The quantitative estimate of drug-likeness (QED) is 0.811. The number of sulfonamides is 1. The molecule has 8 heteroatoms. The molecule has 3 aliphatic heterocycles. The molecule has 0 aromatic carbocycles. The molecule has 134 valence electrons. The van der Waals surface area contributed by atoms with Crippen LogP contribution in [0.2, 0.25) is 0 Å². The molecule has 1 aromatic rings. The van der Waals surface area contributed by atoms with E-state index in [9.17, 15) is 8.42 Å². The van der Waals surface area contributed by atoms with Crippen molar-refractivity contribution < 1.29 is 17.7 Å². The molecule has 0 bridgehead atoms. The van der Waals surface area contributed by atoms with Crippen molar-refractivity contribution in [2.45, 2.75) is 56.1 Å². The largest absolute Gasteiger partial charge is 0.368 e. The predicted molar refractivity (Wildman–Crippen MR) is 87.2 cm³/mol. The van der Waals surface area contributed by atoms with Crippen LogP contribution >= 0.6 is 0 Å². The van der Waals surface area contributed by atoms with Gasteiger partial charge in [0, 0.05) is 19.6 Å². The van der Waals surface area contributed by atoms with Crippen molar-refractivity contribution in [3.05, 3.63) is 11.5 Å². The molecule has 1 aromatic heterocycles. The predicted octanol–water partition coefficient (Wildman–Crippen LogP) is 1.31. The second kappa shape index (κ2) is 5.79. The molecule has 4 rings (SSSR count). The van der Waals surface area contributed by atoms with E-state index in [1.807, 2.05) is 0 Å². The van der Waals surface area contributed by atoms with Gasteiger partial charge in [0.25, 0.3) is 0 Å². The van der Waals surface area contributed by atoms with E-state index >= 15 is 0 Å². The Morgan fingerprint density at radius 2 is 1.96 bits per heavy atom. The monoisotopic (exact) mass is 355 g/mol. The van der Waals surface area contributed by atoms with Gasteiger partial charge in [-0.15, -0.1) is 0 Å². The van der Waals surface area contributed by atoms with Crippen LogP contribution in [0.15, 0.2) is 9.42 Å². The second-order valence-corrected chi connectivity index (χ2v) is 9.27. The Labute approximate surface area is 143 Å². The average molecular weight is 355 g/mol. The first-order chi connectivity index (χ1) is 11.4. The second-order valence-electron chi connectivity index (χ2n) is 7.40. The van der Waals surface area contributed by atoms with Crippen LogP contribution in [-0.4, -0.2) is 67.2 Å². The van der Waals surface area contributed by atoms with E-state index in [0.29, 0.717) is 24.5 Å². The van der Waals surface area contributed by atoms with Gasteiger partial charge < -0.3 is 14.2 Å². The Bertz CT molecular complexity index is 698. The lowest BCUT2D eigenvalue weighted by molar-refractivity contribution is -0.111. The number of nitrogens with zero attached hydrogens (tertiary/aromatic N) is 3. The Kier molecular flexibility index (Phi) is 3.98. The van der Waals surface area contributed by atoms with Crippen molar-refractivity contribution in [3.8, 4) is 0 Å². The molecule has 24 heavy (non-hydrogen) atoms. The third-order valence-electron chi connectivity index (χ3n) is 5.49. The molecule has 1 spiro atoms. The smallest absolute Gasteiger partial charge is 0.248 e. The van der Waals surface area contributed by atoms with Crippen molar-refractivity contribution in [3.63, 3.8) is 0 Å². The average Bonchev–Trinajstić information content (AvgIpc) is 3.19. The normalized spacial score (nSPS) is 27.8. The van der Waals surface area contributed by atoms with Crippen molar-refractivity contribution in [1.82, 2.24) is 14.4 Å². The minimum absolute atomic E-state index is 0.212. The molecule has 0 radical (unpaired) electrons. The van der Waals surface area contributed by atoms with Gasteiger partial charge in [0.05, 0.1) is 11.7 Å². The van der Waals surface area contributed by atoms with E-state index < -0.39 is 10.0 Å². The summed E-state index contributed by atoms with van der Waals surface area (Å²) in [6.07, 6.45) is 4.77. The fraction of sp³-hybridized carbons (Fsp3) is 0.812. The maximum atomic E-state index is 12.8. The number of ether oxygens (including phenoxy) is 1. The summed E-state index contributed by atoms with van der Waals surface area (Å²) in [6.45, 7) is 7.50. The van der Waals surface area contributed by atoms with Gasteiger partial charge in [-0.1, -0.05) is 5.16 Å². The highest BCUT2D eigenvalue weighted by molar-refractivity contribution is 7.89. The fourth-order valence-corrected chi connectivity index (χ4v) is 6.13. The number of hydrogen-bond donors (Lipinski definition) is 0. The summed E-state index contributed by atoms with van der Waals surface area (Å²) >= 11 is 0. The first-order valence-corrected chi connectivity index (χ1v) is 10.2. The minimum atomic E-state index is -3.54. The lowest BCUT2D eigenvalue weighted by Gasteiger charge is -2.46. The summed E-state index contributed by atoms with van der Waals surface area (Å²) in [7, 11) is -3.54. The number of aryl methyl sites for hydroxylation is 2. The van der Waals surface area contributed by atoms with E-state index in [4.69, 9.17) is 9.26 Å². The number of aromatic nitrogens is 1. The molecule has 0 saturated carbocycles. The zero-order valence-electron chi connectivity index (χ0n) is 14.3. The van der Waals surface area contributed by atoms with Gasteiger partial charge in [0.1, 0.15) is 10.6 Å². The van der Waals surface area contributed by atoms with Crippen molar-refractivity contribution in [2.75, 3.05) is 32.7 Å². The van der Waals surface area contributed by atoms with Crippen LogP contribution in [-0.2, 0) is 14.8 Å². The lowest BCUT2D eigenvalue weighted by atomic mass is 9.93. The SMILES string of the molecule is Cc1noc(C)c1S(=O)(=O)N1CC2(CCC(CN3CCCC3)O2)C1. The zero-order chi connectivity index (χ0) is 16.9. The Morgan fingerprint density at radius 3 is 2.58 bits per heavy atom. The third kappa shape index (κ3) is 2.69. The van der Waals surface area contributed by atoms with Crippen LogP contribution in [0.5, 0.6) is 0 Å². The summed E-state index contributed by atoms with van der Waals surface area (Å²) in [6, 6.07) is 0. The Hall–Kier alpha value is -0.960. The molecule has 0 amide bonds. The van der Waals surface area contributed by atoms with Crippen LogP contribution in [0.1, 0.15) is 37.1 Å². The molecular formula is C16H25N3O4S. The Balaban J connectivity index is 1.39. The first kappa shape index (κ1) is 16.5. The van der Waals surface area contributed by atoms with Gasteiger partial charge in [-0.05, 0) is 52.6 Å². The maximum absolute atomic E-state index is 12.8. The van der Waals surface area contributed by atoms with Crippen molar-refractivity contribution >= 4 is 10.0 Å². The molecule has 1 atom stereocenters.